The molecule has 0 fully saturated rings. The van der Waals surface area contributed by atoms with E-state index in [1.807, 2.05) is 24.5 Å². The van der Waals surface area contributed by atoms with E-state index in [4.69, 9.17) is 5.73 Å². The molecule has 0 aliphatic rings. The minimum Gasteiger partial charge on any atom is -0.383 e. The van der Waals surface area contributed by atoms with Crippen molar-refractivity contribution < 1.29 is 0 Å². The van der Waals surface area contributed by atoms with E-state index in [2.05, 4.69) is 32.1 Å². The van der Waals surface area contributed by atoms with Crippen molar-refractivity contribution in [1.82, 2.24) is 19.9 Å². The van der Waals surface area contributed by atoms with Gasteiger partial charge in [0.15, 0.2) is 0 Å². The second kappa shape index (κ2) is 4.28. The number of anilines is 1. The molecule has 98 valence electrons. The molecule has 0 atom stereocenters. The minimum atomic E-state index is 0.499. The van der Waals surface area contributed by atoms with Crippen LogP contribution in [0.25, 0.3) is 21.9 Å². The van der Waals surface area contributed by atoms with Crippen molar-refractivity contribution in [2.45, 2.75) is 9.79 Å². The zero-order valence-corrected chi connectivity index (χ0v) is 11.2. The smallest absolute Gasteiger partial charge is 0.144 e. The lowest BCUT2D eigenvalue weighted by molar-refractivity contribution is 1.21. The molecule has 4 aromatic rings. The van der Waals surface area contributed by atoms with E-state index in [-0.39, 0.29) is 0 Å². The summed E-state index contributed by atoms with van der Waals surface area (Å²) in [6.45, 7) is 0. The number of nitrogens with one attached hydrogen (secondary N) is 2. The summed E-state index contributed by atoms with van der Waals surface area (Å²) in [5.74, 6) is 0.499. The summed E-state index contributed by atoms with van der Waals surface area (Å²) in [6, 6.07) is 8.21. The fraction of sp³-hybridized carbons (Fsp3) is 0. The van der Waals surface area contributed by atoms with Crippen LogP contribution < -0.4 is 5.73 Å². The molecule has 0 saturated carbocycles. The Morgan fingerprint density at radius 2 is 1.85 bits per heavy atom. The Kier molecular flexibility index (Phi) is 2.43. The van der Waals surface area contributed by atoms with Crippen LogP contribution in [0.15, 0.2) is 52.8 Å². The van der Waals surface area contributed by atoms with E-state index in [1.54, 1.807) is 11.8 Å². The van der Waals surface area contributed by atoms with Gasteiger partial charge in [-0.2, -0.15) is 0 Å². The number of aromatic amines is 2. The van der Waals surface area contributed by atoms with Crippen molar-refractivity contribution in [3.63, 3.8) is 0 Å². The van der Waals surface area contributed by atoms with E-state index in [0.717, 1.165) is 26.3 Å². The molecule has 3 aromatic heterocycles. The van der Waals surface area contributed by atoms with Crippen molar-refractivity contribution in [1.29, 1.82) is 0 Å². The van der Waals surface area contributed by atoms with Crippen LogP contribution in [0, 0.1) is 0 Å². The molecular formula is C14H11N5S. The van der Waals surface area contributed by atoms with Gasteiger partial charge in [0.2, 0.25) is 0 Å². The fourth-order valence-electron chi connectivity index (χ4n) is 2.29. The third kappa shape index (κ3) is 1.65. The second-order valence-corrected chi connectivity index (χ2v) is 5.52. The summed E-state index contributed by atoms with van der Waals surface area (Å²) in [5.41, 5.74) is 7.84. The number of nitrogens with zero attached hydrogens (tertiary/aromatic N) is 2. The van der Waals surface area contributed by atoms with E-state index < -0.39 is 0 Å². The molecular weight excluding hydrogens is 270 g/mol. The topological polar surface area (TPSA) is 83.4 Å². The lowest BCUT2D eigenvalue weighted by atomic mass is 10.2. The molecule has 0 aliphatic heterocycles. The van der Waals surface area contributed by atoms with Gasteiger partial charge in [-0.25, -0.2) is 9.97 Å². The summed E-state index contributed by atoms with van der Waals surface area (Å²) in [6.07, 6.45) is 5.39. The van der Waals surface area contributed by atoms with Gasteiger partial charge in [0.25, 0.3) is 0 Å². The molecule has 4 rings (SSSR count). The van der Waals surface area contributed by atoms with Crippen LogP contribution >= 0.6 is 11.8 Å². The first-order valence-electron chi connectivity index (χ1n) is 6.14. The molecule has 4 N–H and O–H groups in total. The van der Waals surface area contributed by atoms with Crippen LogP contribution in [0.5, 0.6) is 0 Å². The Morgan fingerprint density at radius 1 is 1.00 bits per heavy atom. The fourth-order valence-corrected chi connectivity index (χ4v) is 3.35. The summed E-state index contributed by atoms with van der Waals surface area (Å²) < 4.78 is 0. The SMILES string of the molecule is Nc1ncnc2[nH]cc(Sc3c[nH]c4ccccc34)c12. The minimum absolute atomic E-state index is 0.499. The molecule has 0 spiro atoms. The third-order valence-corrected chi connectivity index (χ3v) is 4.33. The highest BCUT2D eigenvalue weighted by atomic mass is 32.2. The zero-order valence-electron chi connectivity index (χ0n) is 10.4. The number of fused-ring (bicyclic) bond motifs is 2. The van der Waals surface area contributed by atoms with Crippen molar-refractivity contribution in [2.24, 2.45) is 0 Å². The van der Waals surface area contributed by atoms with Gasteiger partial charge in [0, 0.05) is 33.1 Å². The van der Waals surface area contributed by atoms with Crippen LogP contribution in [0.1, 0.15) is 0 Å². The predicted octanol–water partition coefficient (Wildman–Crippen LogP) is 3.17. The maximum absolute atomic E-state index is 5.95. The first-order valence-corrected chi connectivity index (χ1v) is 6.96. The summed E-state index contributed by atoms with van der Waals surface area (Å²) >= 11 is 1.65. The number of nitrogens with two attached hydrogens (primary N) is 1. The lowest BCUT2D eigenvalue weighted by Crippen LogP contribution is -1.91. The third-order valence-electron chi connectivity index (χ3n) is 3.23. The summed E-state index contributed by atoms with van der Waals surface area (Å²) in [5, 5.41) is 2.07. The van der Waals surface area contributed by atoms with Gasteiger partial charge in [0.05, 0.1) is 5.39 Å². The molecule has 6 heteroatoms. The molecule has 20 heavy (non-hydrogen) atoms. The monoisotopic (exact) mass is 281 g/mol. The molecule has 0 amide bonds. The van der Waals surface area contributed by atoms with Gasteiger partial charge in [0.1, 0.15) is 17.8 Å². The molecule has 1 aromatic carbocycles. The van der Waals surface area contributed by atoms with E-state index in [0.29, 0.717) is 5.82 Å². The molecule has 0 radical (unpaired) electrons. The van der Waals surface area contributed by atoms with Crippen LogP contribution in [0.3, 0.4) is 0 Å². The van der Waals surface area contributed by atoms with Gasteiger partial charge in [-0.3, -0.25) is 0 Å². The number of nitrogen functional groups attached to an aromatic ring is 1. The normalized spacial score (nSPS) is 11.4. The molecule has 5 nitrogen and oxygen atoms in total. The standard InChI is InChI=1S/C14H11N5S/c15-13-12-11(6-17-14(12)19-7-18-13)20-10-5-16-9-4-2-1-3-8(9)10/h1-7,16H,(H3,15,17,18,19). The first kappa shape index (κ1) is 11.4. The van der Waals surface area contributed by atoms with E-state index in [1.165, 1.54) is 11.7 Å². The molecule has 0 unspecified atom stereocenters. The first-order chi connectivity index (χ1) is 9.83. The van der Waals surface area contributed by atoms with Gasteiger partial charge in [-0.05, 0) is 6.07 Å². The Morgan fingerprint density at radius 3 is 2.80 bits per heavy atom. The highest BCUT2D eigenvalue weighted by molar-refractivity contribution is 7.99. The predicted molar refractivity (Wildman–Crippen MR) is 80.7 cm³/mol. The Labute approximate surface area is 118 Å². The van der Waals surface area contributed by atoms with Gasteiger partial charge in [-0.15, -0.1) is 0 Å². The zero-order chi connectivity index (χ0) is 13.5. The molecule has 3 heterocycles. The number of para-hydroxylation sites is 1. The van der Waals surface area contributed by atoms with Crippen molar-refractivity contribution in [3.05, 3.63) is 43.0 Å². The maximum Gasteiger partial charge on any atom is 0.144 e. The number of rotatable bonds is 2. The van der Waals surface area contributed by atoms with Gasteiger partial charge < -0.3 is 15.7 Å². The summed E-state index contributed by atoms with van der Waals surface area (Å²) in [4.78, 5) is 16.8. The van der Waals surface area contributed by atoms with E-state index >= 15 is 0 Å². The van der Waals surface area contributed by atoms with Crippen molar-refractivity contribution >= 4 is 39.5 Å². The quantitative estimate of drug-likeness (QED) is 0.527. The summed E-state index contributed by atoms with van der Waals surface area (Å²) in [7, 11) is 0. The number of benzene rings is 1. The van der Waals surface area contributed by atoms with Gasteiger partial charge >= 0.3 is 0 Å². The average molecular weight is 281 g/mol. The molecule has 0 saturated heterocycles. The van der Waals surface area contributed by atoms with Gasteiger partial charge in [-0.1, -0.05) is 30.0 Å². The molecule has 0 aliphatic carbocycles. The highest BCUT2D eigenvalue weighted by Crippen LogP contribution is 2.38. The van der Waals surface area contributed by atoms with Crippen LogP contribution in [0.4, 0.5) is 5.82 Å². The Hall–Kier alpha value is -2.47. The highest BCUT2D eigenvalue weighted by Gasteiger charge is 2.12. The average Bonchev–Trinajstić information content (AvgIpc) is 3.06. The van der Waals surface area contributed by atoms with Crippen LogP contribution in [-0.2, 0) is 0 Å². The number of hydrogen-bond acceptors (Lipinski definition) is 4. The van der Waals surface area contributed by atoms with Crippen LogP contribution in [0.2, 0.25) is 0 Å². The second-order valence-electron chi connectivity index (χ2n) is 4.44. The number of aromatic nitrogens is 4. The maximum atomic E-state index is 5.95. The lowest BCUT2D eigenvalue weighted by Gasteiger charge is -2.00. The number of hydrogen-bond donors (Lipinski definition) is 3. The Bertz CT molecular complexity index is 908. The largest absolute Gasteiger partial charge is 0.383 e. The van der Waals surface area contributed by atoms with Crippen LogP contribution in [-0.4, -0.2) is 19.9 Å². The molecule has 0 bridgehead atoms. The van der Waals surface area contributed by atoms with E-state index in [9.17, 15) is 0 Å². The van der Waals surface area contributed by atoms with Crippen molar-refractivity contribution in [2.75, 3.05) is 5.73 Å². The van der Waals surface area contributed by atoms with Crippen molar-refractivity contribution in [3.8, 4) is 0 Å². The Balaban J connectivity index is 1.85. The number of H-pyrrole nitrogens is 2.